The maximum absolute atomic E-state index is 12.3. The van der Waals surface area contributed by atoms with Gasteiger partial charge in [0.1, 0.15) is 11.3 Å². The van der Waals surface area contributed by atoms with Gasteiger partial charge >= 0.3 is 5.63 Å². The zero-order valence-corrected chi connectivity index (χ0v) is 14.4. The molecule has 0 spiro atoms. The van der Waals surface area contributed by atoms with Gasteiger partial charge in [-0.25, -0.2) is 4.79 Å². The third kappa shape index (κ3) is 3.83. The van der Waals surface area contributed by atoms with Crippen molar-refractivity contribution >= 4 is 16.9 Å². The van der Waals surface area contributed by atoms with E-state index in [0.717, 1.165) is 10.9 Å². The minimum Gasteiger partial charge on any atom is -0.508 e. The first-order valence-corrected chi connectivity index (χ1v) is 8.25. The Bertz CT molecular complexity index is 839. The molecule has 1 aliphatic rings. The molecule has 134 valence electrons. The van der Waals surface area contributed by atoms with E-state index < -0.39 is 5.63 Å². The summed E-state index contributed by atoms with van der Waals surface area (Å²) in [6.07, 6.45) is 0. The Morgan fingerprint density at radius 2 is 2.04 bits per heavy atom. The fourth-order valence-electron chi connectivity index (χ4n) is 3.04. The molecule has 1 saturated heterocycles. The molecule has 0 atom stereocenters. The normalized spacial score (nSPS) is 15.1. The Balaban J connectivity index is 1.79. The molecule has 3 rings (SSSR count). The SMILES string of the molecule is Cc1c(O)ccc2c(CN(C)CC(=O)N3CCOCC3)cc(=O)oc12. The van der Waals surface area contributed by atoms with Crippen LogP contribution in [0.15, 0.2) is 27.4 Å². The molecule has 7 heteroatoms. The molecule has 2 aromatic rings. The number of phenolic OH excluding ortho intramolecular Hbond substituents is 1. The highest BCUT2D eigenvalue weighted by Crippen LogP contribution is 2.27. The second-order valence-corrected chi connectivity index (χ2v) is 6.34. The third-order valence-corrected chi connectivity index (χ3v) is 4.43. The maximum Gasteiger partial charge on any atom is 0.336 e. The van der Waals surface area contributed by atoms with E-state index in [1.807, 2.05) is 11.9 Å². The largest absolute Gasteiger partial charge is 0.508 e. The van der Waals surface area contributed by atoms with E-state index in [0.29, 0.717) is 44.0 Å². The Morgan fingerprint density at radius 1 is 1.32 bits per heavy atom. The molecule has 1 amide bonds. The molecule has 0 unspecified atom stereocenters. The van der Waals surface area contributed by atoms with E-state index in [-0.39, 0.29) is 18.2 Å². The van der Waals surface area contributed by atoms with E-state index in [4.69, 9.17) is 9.15 Å². The number of nitrogens with zero attached hydrogens (tertiary/aromatic N) is 2. The van der Waals surface area contributed by atoms with E-state index in [1.54, 1.807) is 24.0 Å². The molecule has 0 bridgehead atoms. The van der Waals surface area contributed by atoms with E-state index in [1.165, 1.54) is 6.07 Å². The van der Waals surface area contributed by atoms with Gasteiger partial charge in [0.25, 0.3) is 0 Å². The second-order valence-electron chi connectivity index (χ2n) is 6.34. The number of ether oxygens (including phenoxy) is 1. The number of hydrogen-bond donors (Lipinski definition) is 1. The topological polar surface area (TPSA) is 83.2 Å². The zero-order valence-electron chi connectivity index (χ0n) is 14.4. The Labute approximate surface area is 145 Å². The van der Waals surface area contributed by atoms with Gasteiger partial charge < -0.3 is 19.2 Å². The van der Waals surface area contributed by atoms with Gasteiger partial charge in [-0.3, -0.25) is 9.69 Å². The quantitative estimate of drug-likeness (QED) is 0.835. The standard InChI is InChI=1S/C18H22N2O5/c1-12-15(21)4-3-14-13(9-17(23)25-18(12)14)10-19(2)11-16(22)20-5-7-24-8-6-20/h3-4,9,21H,5-8,10-11H2,1-2H3. The molecule has 0 radical (unpaired) electrons. The van der Waals surface area contributed by atoms with Crippen molar-refractivity contribution in [2.45, 2.75) is 13.5 Å². The van der Waals surface area contributed by atoms with Crippen molar-refractivity contribution in [2.75, 3.05) is 39.9 Å². The molecule has 25 heavy (non-hydrogen) atoms. The molecule has 2 heterocycles. The smallest absolute Gasteiger partial charge is 0.336 e. The van der Waals surface area contributed by atoms with Crippen LogP contribution in [0.25, 0.3) is 11.0 Å². The Hall–Kier alpha value is -2.38. The molecule has 0 saturated carbocycles. The molecule has 7 nitrogen and oxygen atoms in total. The van der Waals surface area contributed by atoms with Crippen molar-refractivity contribution in [2.24, 2.45) is 0 Å². The van der Waals surface area contributed by atoms with Gasteiger partial charge in [0, 0.05) is 36.7 Å². The van der Waals surface area contributed by atoms with Crippen LogP contribution >= 0.6 is 0 Å². The molecule has 1 aromatic carbocycles. The maximum atomic E-state index is 12.3. The molecular weight excluding hydrogens is 324 g/mol. The summed E-state index contributed by atoms with van der Waals surface area (Å²) in [6.45, 7) is 4.77. The first-order valence-electron chi connectivity index (χ1n) is 8.25. The molecule has 1 N–H and O–H groups in total. The van der Waals surface area contributed by atoms with Crippen LogP contribution in [0.1, 0.15) is 11.1 Å². The second kappa shape index (κ2) is 7.25. The van der Waals surface area contributed by atoms with Crippen molar-refractivity contribution in [3.05, 3.63) is 39.7 Å². The first kappa shape index (κ1) is 17.4. The van der Waals surface area contributed by atoms with Crippen LogP contribution in [0.3, 0.4) is 0 Å². The number of aryl methyl sites for hydroxylation is 1. The predicted octanol–water partition coefficient (Wildman–Crippen LogP) is 1.10. The summed E-state index contributed by atoms with van der Waals surface area (Å²) >= 11 is 0. The van der Waals surface area contributed by atoms with Crippen molar-refractivity contribution < 1.29 is 19.1 Å². The zero-order chi connectivity index (χ0) is 18.0. The van der Waals surface area contributed by atoms with Crippen molar-refractivity contribution in [1.29, 1.82) is 0 Å². The molecular formula is C18H22N2O5. The van der Waals surface area contributed by atoms with Gasteiger partial charge in [0.2, 0.25) is 5.91 Å². The van der Waals surface area contributed by atoms with Crippen LogP contribution in [0, 0.1) is 6.92 Å². The van der Waals surface area contributed by atoms with E-state index in [2.05, 4.69) is 0 Å². The predicted molar refractivity (Wildman–Crippen MR) is 92.6 cm³/mol. The number of benzene rings is 1. The number of carbonyl (C=O) groups excluding carboxylic acids is 1. The minimum absolute atomic E-state index is 0.0481. The average molecular weight is 346 g/mol. The lowest BCUT2D eigenvalue weighted by Gasteiger charge is -2.28. The lowest BCUT2D eigenvalue weighted by molar-refractivity contribution is -0.136. The first-order chi connectivity index (χ1) is 12.0. The van der Waals surface area contributed by atoms with Gasteiger partial charge in [-0.2, -0.15) is 0 Å². The summed E-state index contributed by atoms with van der Waals surface area (Å²) in [6, 6.07) is 4.75. The number of rotatable bonds is 4. The highest BCUT2D eigenvalue weighted by atomic mass is 16.5. The molecule has 0 aliphatic carbocycles. The summed E-state index contributed by atoms with van der Waals surface area (Å²) in [4.78, 5) is 27.9. The van der Waals surface area contributed by atoms with Crippen LogP contribution in [0.4, 0.5) is 0 Å². The minimum atomic E-state index is -0.468. The Kier molecular flexibility index (Phi) is 5.06. The average Bonchev–Trinajstić information content (AvgIpc) is 2.59. The number of hydrogen-bond acceptors (Lipinski definition) is 6. The summed E-state index contributed by atoms with van der Waals surface area (Å²) in [5, 5.41) is 10.6. The highest BCUT2D eigenvalue weighted by molar-refractivity contribution is 5.85. The number of aromatic hydroxyl groups is 1. The number of morpholine rings is 1. The van der Waals surface area contributed by atoms with Gasteiger partial charge in [-0.1, -0.05) is 0 Å². The van der Waals surface area contributed by atoms with Crippen LogP contribution in [0.2, 0.25) is 0 Å². The molecule has 1 fully saturated rings. The lowest BCUT2D eigenvalue weighted by atomic mass is 10.1. The number of phenols is 1. The van der Waals surface area contributed by atoms with E-state index in [9.17, 15) is 14.7 Å². The van der Waals surface area contributed by atoms with Crippen molar-refractivity contribution in [1.82, 2.24) is 9.80 Å². The summed E-state index contributed by atoms with van der Waals surface area (Å²) in [5.41, 5.74) is 1.22. The lowest BCUT2D eigenvalue weighted by Crippen LogP contribution is -2.44. The van der Waals surface area contributed by atoms with Gasteiger partial charge in [0.05, 0.1) is 19.8 Å². The third-order valence-electron chi connectivity index (χ3n) is 4.43. The summed E-state index contributed by atoms with van der Waals surface area (Å²) in [7, 11) is 1.84. The van der Waals surface area contributed by atoms with Crippen molar-refractivity contribution in [3.8, 4) is 5.75 Å². The van der Waals surface area contributed by atoms with Crippen LogP contribution in [-0.2, 0) is 16.1 Å². The van der Waals surface area contributed by atoms with Crippen LogP contribution < -0.4 is 5.63 Å². The molecule has 1 aromatic heterocycles. The monoisotopic (exact) mass is 346 g/mol. The van der Waals surface area contributed by atoms with Crippen LogP contribution in [-0.4, -0.2) is 60.7 Å². The number of likely N-dealkylation sites (N-methyl/N-ethyl adjacent to an activating group) is 1. The van der Waals surface area contributed by atoms with E-state index >= 15 is 0 Å². The highest BCUT2D eigenvalue weighted by Gasteiger charge is 2.19. The van der Waals surface area contributed by atoms with Crippen molar-refractivity contribution in [3.63, 3.8) is 0 Å². The van der Waals surface area contributed by atoms with Gasteiger partial charge in [0.15, 0.2) is 0 Å². The van der Waals surface area contributed by atoms with Gasteiger partial charge in [-0.15, -0.1) is 0 Å². The number of amides is 1. The summed E-state index contributed by atoms with van der Waals surface area (Å²) in [5.74, 6) is 0.135. The number of carbonyl (C=O) groups is 1. The fourth-order valence-corrected chi connectivity index (χ4v) is 3.04. The molecule has 1 aliphatic heterocycles. The van der Waals surface area contributed by atoms with Crippen LogP contribution in [0.5, 0.6) is 5.75 Å². The van der Waals surface area contributed by atoms with Gasteiger partial charge in [-0.05, 0) is 31.7 Å². The number of fused-ring (bicyclic) bond motifs is 1. The summed E-state index contributed by atoms with van der Waals surface area (Å²) < 4.78 is 10.5. The Morgan fingerprint density at radius 3 is 2.76 bits per heavy atom. The fraction of sp³-hybridized carbons (Fsp3) is 0.444.